The van der Waals surface area contributed by atoms with Gasteiger partial charge in [0.25, 0.3) is 0 Å². The maximum Gasteiger partial charge on any atom is 0.147 e. The van der Waals surface area contributed by atoms with Gasteiger partial charge in [-0.1, -0.05) is 11.3 Å². The SMILES string of the molecule is CNC(C)c1nnc(-c2ccnc(C)c2)s1. The second kappa shape index (κ2) is 4.67. The average molecular weight is 234 g/mol. The van der Waals surface area contributed by atoms with E-state index in [4.69, 9.17) is 0 Å². The number of nitrogens with zero attached hydrogens (tertiary/aromatic N) is 3. The van der Waals surface area contributed by atoms with Gasteiger partial charge in [0.15, 0.2) is 0 Å². The Morgan fingerprint density at radius 2 is 2.19 bits per heavy atom. The molecule has 2 rings (SSSR count). The van der Waals surface area contributed by atoms with E-state index in [0.29, 0.717) is 0 Å². The molecule has 0 saturated carbocycles. The molecule has 5 heteroatoms. The molecule has 0 aliphatic carbocycles. The first kappa shape index (κ1) is 11.2. The minimum atomic E-state index is 0.245. The highest BCUT2D eigenvalue weighted by molar-refractivity contribution is 7.14. The largest absolute Gasteiger partial charge is 0.311 e. The molecule has 0 bridgehead atoms. The first-order chi connectivity index (χ1) is 7.70. The van der Waals surface area contributed by atoms with E-state index in [1.807, 2.05) is 26.1 Å². The second-order valence-corrected chi connectivity index (χ2v) is 4.65. The first-order valence-corrected chi connectivity index (χ1v) is 5.96. The first-order valence-electron chi connectivity index (χ1n) is 5.14. The lowest BCUT2D eigenvalue weighted by atomic mass is 10.2. The van der Waals surface area contributed by atoms with Crippen molar-refractivity contribution in [1.29, 1.82) is 0 Å². The predicted molar refractivity (Wildman–Crippen MR) is 65.4 cm³/mol. The Morgan fingerprint density at radius 1 is 1.38 bits per heavy atom. The van der Waals surface area contributed by atoms with Crippen molar-refractivity contribution >= 4 is 11.3 Å². The van der Waals surface area contributed by atoms with E-state index in [9.17, 15) is 0 Å². The van der Waals surface area contributed by atoms with Crippen LogP contribution < -0.4 is 5.32 Å². The summed E-state index contributed by atoms with van der Waals surface area (Å²) in [5, 5.41) is 13.5. The molecule has 0 amide bonds. The van der Waals surface area contributed by atoms with E-state index in [1.54, 1.807) is 17.5 Å². The molecule has 0 radical (unpaired) electrons. The Labute approximate surface area is 98.8 Å². The molecule has 2 heterocycles. The fourth-order valence-electron chi connectivity index (χ4n) is 1.33. The zero-order chi connectivity index (χ0) is 11.5. The van der Waals surface area contributed by atoms with E-state index in [0.717, 1.165) is 21.3 Å². The fourth-order valence-corrected chi connectivity index (χ4v) is 2.23. The van der Waals surface area contributed by atoms with Crippen LogP contribution in [0.3, 0.4) is 0 Å². The second-order valence-electron chi connectivity index (χ2n) is 3.64. The number of hydrogen-bond donors (Lipinski definition) is 1. The number of aromatic nitrogens is 3. The van der Waals surface area contributed by atoms with Crippen LogP contribution in [0, 0.1) is 6.92 Å². The molecule has 1 atom stereocenters. The molecular formula is C11H14N4S. The summed E-state index contributed by atoms with van der Waals surface area (Å²) in [5.74, 6) is 0. The van der Waals surface area contributed by atoms with Crippen LogP contribution in [-0.4, -0.2) is 22.2 Å². The molecule has 1 N–H and O–H groups in total. The monoisotopic (exact) mass is 234 g/mol. The van der Waals surface area contributed by atoms with Crippen molar-refractivity contribution in [2.45, 2.75) is 19.9 Å². The van der Waals surface area contributed by atoms with Crippen molar-refractivity contribution in [3.05, 3.63) is 29.0 Å². The van der Waals surface area contributed by atoms with Gasteiger partial charge in [-0.15, -0.1) is 10.2 Å². The van der Waals surface area contributed by atoms with E-state index in [-0.39, 0.29) is 6.04 Å². The Morgan fingerprint density at radius 3 is 2.88 bits per heavy atom. The molecule has 0 aromatic carbocycles. The quantitative estimate of drug-likeness (QED) is 0.884. The fraction of sp³-hybridized carbons (Fsp3) is 0.364. The van der Waals surface area contributed by atoms with Gasteiger partial charge in [-0.25, -0.2) is 0 Å². The Hall–Kier alpha value is -1.33. The van der Waals surface area contributed by atoms with Crippen LogP contribution in [0.5, 0.6) is 0 Å². The van der Waals surface area contributed by atoms with Crippen molar-refractivity contribution in [3.63, 3.8) is 0 Å². The normalized spacial score (nSPS) is 12.7. The van der Waals surface area contributed by atoms with E-state index in [2.05, 4.69) is 27.4 Å². The zero-order valence-corrected chi connectivity index (χ0v) is 10.4. The summed E-state index contributed by atoms with van der Waals surface area (Å²) >= 11 is 1.61. The Bertz CT molecular complexity index is 480. The summed E-state index contributed by atoms with van der Waals surface area (Å²) in [7, 11) is 1.92. The lowest BCUT2D eigenvalue weighted by Crippen LogP contribution is -2.11. The molecular weight excluding hydrogens is 220 g/mol. The number of nitrogens with one attached hydrogen (secondary N) is 1. The van der Waals surface area contributed by atoms with Crippen molar-refractivity contribution in [1.82, 2.24) is 20.5 Å². The predicted octanol–water partition coefficient (Wildman–Crippen LogP) is 2.19. The van der Waals surface area contributed by atoms with Crippen LogP contribution in [0.4, 0.5) is 0 Å². The number of hydrogen-bond acceptors (Lipinski definition) is 5. The van der Waals surface area contributed by atoms with Crippen LogP contribution in [0.25, 0.3) is 10.6 Å². The highest BCUT2D eigenvalue weighted by atomic mass is 32.1. The molecule has 0 fully saturated rings. The van der Waals surface area contributed by atoms with Gasteiger partial charge < -0.3 is 5.32 Å². The summed E-state index contributed by atoms with van der Waals surface area (Å²) in [6.07, 6.45) is 1.80. The van der Waals surface area contributed by atoms with Gasteiger partial charge >= 0.3 is 0 Å². The third-order valence-electron chi connectivity index (χ3n) is 2.39. The molecule has 0 spiro atoms. The standard InChI is InChI=1S/C11H14N4S/c1-7-6-9(4-5-13-7)11-15-14-10(16-11)8(2)12-3/h4-6,8,12H,1-3H3. The maximum absolute atomic E-state index is 4.20. The van der Waals surface area contributed by atoms with Crippen LogP contribution in [0.15, 0.2) is 18.3 Å². The van der Waals surface area contributed by atoms with Crippen molar-refractivity contribution < 1.29 is 0 Å². The third-order valence-corrected chi connectivity index (χ3v) is 3.54. The van der Waals surface area contributed by atoms with Gasteiger partial charge in [-0.3, -0.25) is 4.98 Å². The van der Waals surface area contributed by atoms with Gasteiger partial charge in [0.05, 0.1) is 6.04 Å². The van der Waals surface area contributed by atoms with Crippen LogP contribution in [0.2, 0.25) is 0 Å². The zero-order valence-electron chi connectivity index (χ0n) is 9.56. The van der Waals surface area contributed by atoms with E-state index >= 15 is 0 Å². The minimum Gasteiger partial charge on any atom is -0.311 e. The molecule has 4 nitrogen and oxygen atoms in total. The number of pyridine rings is 1. The summed E-state index contributed by atoms with van der Waals surface area (Å²) in [6, 6.07) is 4.23. The van der Waals surface area contributed by atoms with Gasteiger partial charge in [0, 0.05) is 17.5 Å². The van der Waals surface area contributed by atoms with Gasteiger partial charge in [0.1, 0.15) is 10.0 Å². The molecule has 1 unspecified atom stereocenters. The average Bonchev–Trinajstić information content (AvgIpc) is 2.77. The molecule has 2 aromatic heterocycles. The minimum absolute atomic E-state index is 0.245. The molecule has 0 saturated heterocycles. The summed E-state index contributed by atoms with van der Waals surface area (Å²) in [4.78, 5) is 4.17. The topological polar surface area (TPSA) is 50.7 Å². The van der Waals surface area contributed by atoms with Gasteiger partial charge in [0.2, 0.25) is 0 Å². The Kier molecular flexibility index (Phi) is 3.26. The summed E-state index contributed by atoms with van der Waals surface area (Å²) < 4.78 is 0. The lowest BCUT2D eigenvalue weighted by Gasteiger charge is -2.02. The van der Waals surface area contributed by atoms with Crippen molar-refractivity contribution in [2.75, 3.05) is 7.05 Å². The third kappa shape index (κ3) is 2.25. The molecule has 16 heavy (non-hydrogen) atoms. The number of rotatable bonds is 3. The molecule has 2 aromatic rings. The summed E-state index contributed by atoms with van der Waals surface area (Å²) in [5.41, 5.74) is 2.08. The Balaban J connectivity index is 2.31. The van der Waals surface area contributed by atoms with Gasteiger partial charge in [-0.2, -0.15) is 0 Å². The molecule has 0 aliphatic rings. The van der Waals surface area contributed by atoms with Crippen molar-refractivity contribution in [3.8, 4) is 10.6 Å². The highest BCUT2D eigenvalue weighted by Crippen LogP contribution is 2.26. The van der Waals surface area contributed by atoms with E-state index in [1.165, 1.54) is 0 Å². The van der Waals surface area contributed by atoms with E-state index < -0.39 is 0 Å². The van der Waals surface area contributed by atoms with Crippen molar-refractivity contribution in [2.24, 2.45) is 0 Å². The van der Waals surface area contributed by atoms with Crippen LogP contribution >= 0.6 is 11.3 Å². The summed E-state index contributed by atoms with van der Waals surface area (Å²) in [6.45, 7) is 4.05. The molecule has 84 valence electrons. The van der Waals surface area contributed by atoms with Crippen LogP contribution in [-0.2, 0) is 0 Å². The highest BCUT2D eigenvalue weighted by Gasteiger charge is 2.11. The molecule has 0 aliphatic heterocycles. The van der Waals surface area contributed by atoms with Gasteiger partial charge in [-0.05, 0) is 33.0 Å². The van der Waals surface area contributed by atoms with Crippen LogP contribution in [0.1, 0.15) is 23.7 Å². The number of aryl methyl sites for hydroxylation is 1. The smallest absolute Gasteiger partial charge is 0.147 e. The lowest BCUT2D eigenvalue weighted by molar-refractivity contribution is 0.640. The maximum atomic E-state index is 4.20.